The Morgan fingerprint density at radius 1 is 1.05 bits per heavy atom. The molecule has 0 saturated heterocycles. The third kappa shape index (κ3) is 3.67. The lowest BCUT2D eigenvalue weighted by Crippen LogP contribution is -2.23. The number of carbonyl (C=O) groups is 1. The Morgan fingerprint density at radius 3 is 2.21 bits per heavy atom. The Balaban J connectivity index is 2.07. The number of Topliss-reactive ketones (excluding diaryl/α,β-unsaturated/α-hetero) is 1. The third-order valence-corrected chi connectivity index (χ3v) is 3.36. The number of ether oxygens (including phenoxy) is 1. The van der Waals surface area contributed by atoms with Crippen LogP contribution in [0.1, 0.15) is 22.8 Å². The number of rotatable bonds is 4. The van der Waals surface area contributed by atoms with Crippen molar-refractivity contribution in [2.75, 3.05) is 0 Å². The van der Waals surface area contributed by atoms with Crippen LogP contribution in [0.4, 0.5) is 0 Å². The fourth-order valence-electron chi connectivity index (χ4n) is 1.72. The second-order valence-corrected chi connectivity index (χ2v) is 5.36. The first kappa shape index (κ1) is 13.8. The normalized spacial score (nSPS) is 11.9. The van der Waals surface area contributed by atoms with E-state index in [0.29, 0.717) is 11.3 Å². The predicted molar refractivity (Wildman–Crippen MR) is 79.7 cm³/mol. The Labute approximate surface area is 121 Å². The molecule has 0 fully saturated rings. The van der Waals surface area contributed by atoms with Gasteiger partial charge in [0.1, 0.15) is 5.75 Å². The lowest BCUT2D eigenvalue weighted by atomic mass is 10.1. The summed E-state index contributed by atoms with van der Waals surface area (Å²) in [5.41, 5.74) is 1.81. The molecule has 0 spiro atoms. The molecule has 1 atom stereocenters. The van der Waals surface area contributed by atoms with Gasteiger partial charge in [-0.2, -0.15) is 0 Å². The van der Waals surface area contributed by atoms with Gasteiger partial charge in [-0.1, -0.05) is 45.8 Å². The molecule has 19 heavy (non-hydrogen) atoms. The highest BCUT2D eigenvalue weighted by Gasteiger charge is 2.16. The van der Waals surface area contributed by atoms with Crippen LogP contribution < -0.4 is 4.74 Å². The summed E-state index contributed by atoms with van der Waals surface area (Å²) >= 11 is 3.36. The van der Waals surface area contributed by atoms with Gasteiger partial charge >= 0.3 is 0 Å². The first-order chi connectivity index (χ1) is 9.06. The van der Waals surface area contributed by atoms with Crippen molar-refractivity contribution >= 4 is 21.7 Å². The summed E-state index contributed by atoms with van der Waals surface area (Å²) in [7, 11) is 0. The van der Waals surface area contributed by atoms with Crippen LogP contribution in [-0.4, -0.2) is 11.9 Å². The van der Waals surface area contributed by atoms with Gasteiger partial charge in [-0.3, -0.25) is 4.79 Å². The van der Waals surface area contributed by atoms with Crippen molar-refractivity contribution in [2.24, 2.45) is 0 Å². The van der Waals surface area contributed by atoms with Gasteiger partial charge in [-0.15, -0.1) is 0 Å². The molecular weight excluding hydrogens is 304 g/mol. The number of ketones is 1. The third-order valence-electron chi connectivity index (χ3n) is 2.83. The van der Waals surface area contributed by atoms with Crippen molar-refractivity contribution in [3.63, 3.8) is 0 Å². The zero-order chi connectivity index (χ0) is 13.8. The van der Waals surface area contributed by atoms with Gasteiger partial charge < -0.3 is 4.74 Å². The highest BCUT2D eigenvalue weighted by atomic mass is 79.9. The monoisotopic (exact) mass is 318 g/mol. The Kier molecular flexibility index (Phi) is 4.38. The fraction of sp³-hybridized carbons (Fsp3) is 0.188. The molecule has 2 aromatic rings. The number of carbonyl (C=O) groups excluding carboxylic acids is 1. The van der Waals surface area contributed by atoms with Gasteiger partial charge in [-0.25, -0.2) is 0 Å². The molecule has 2 aromatic carbocycles. The lowest BCUT2D eigenvalue weighted by Gasteiger charge is -2.13. The first-order valence-corrected chi connectivity index (χ1v) is 6.88. The zero-order valence-electron chi connectivity index (χ0n) is 10.9. The van der Waals surface area contributed by atoms with Crippen LogP contribution in [0.5, 0.6) is 5.75 Å². The van der Waals surface area contributed by atoms with Gasteiger partial charge in [0.25, 0.3) is 0 Å². The van der Waals surface area contributed by atoms with Crippen LogP contribution in [0.3, 0.4) is 0 Å². The highest BCUT2D eigenvalue weighted by molar-refractivity contribution is 9.10. The molecule has 0 aliphatic heterocycles. The Hall–Kier alpha value is -1.61. The van der Waals surface area contributed by atoms with Gasteiger partial charge in [0.05, 0.1) is 0 Å². The number of hydrogen-bond donors (Lipinski definition) is 0. The molecule has 0 N–H and O–H groups in total. The average molecular weight is 319 g/mol. The smallest absolute Gasteiger partial charge is 0.202 e. The molecule has 98 valence electrons. The minimum atomic E-state index is -0.496. The fourth-order valence-corrected chi connectivity index (χ4v) is 1.99. The van der Waals surface area contributed by atoms with Crippen molar-refractivity contribution in [2.45, 2.75) is 20.0 Å². The summed E-state index contributed by atoms with van der Waals surface area (Å²) in [6.45, 7) is 3.76. The predicted octanol–water partition coefficient (Wildman–Crippen LogP) is 4.41. The topological polar surface area (TPSA) is 26.3 Å². The molecule has 0 bridgehead atoms. The average Bonchev–Trinajstić information content (AvgIpc) is 2.41. The molecule has 0 saturated carbocycles. The van der Waals surface area contributed by atoms with Gasteiger partial charge in [0, 0.05) is 10.0 Å². The van der Waals surface area contributed by atoms with Crippen molar-refractivity contribution in [3.05, 3.63) is 64.1 Å². The molecule has 2 rings (SSSR count). The molecule has 0 unspecified atom stereocenters. The SMILES string of the molecule is Cc1ccc(C(=O)[C@@H](C)Oc2ccc(Br)cc2)cc1. The summed E-state index contributed by atoms with van der Waals surface area (Å²) in [6.07, 6.45) is -0.496. The number of halogens is 1. The van der Waals surface area contributed by atoms with Gasteiger partial charge in [0.15, 0.2) is 6.10 Å². The summed E-state index contributed by atoms with van der Waals surface area (Å²) in [5.74, 6) is 0.680. The maximum absolute atomic E-state index is 12.2. The summed E-state index contributed by atoms with van der Waals surface area (Å²) in [5, 5.41) is 0. The first-order valence-electron chi connectivity index (χ1n) is 6.09. The summed E-state index contributed by atoms with van der Waals surface area (Å²) < 4.78 is 6.63. The molecule has 0 amide bonds. The standard InChI is InChI=1S/C16H15BrO2/c1-11-3-5-13(6-4-11)16(18)12(2)19-15-9-7-14(17)8-10-15/h3-10,12H,1-2H3/t12-/m1/s1. The number of benzene rings is 2. The zero-order valence-corrected chi connectivity index (χ0v) is 12.5. The van der Waals surface area contributed by atoms with E-state index in [1.54, 1.807) is 6.92 Å². The van der Waals surface area contributed by atoms with Crippen molar-refractivity contribution in [1.82, 2.24) is 0 Å². The van der Waals surface area contributed by atoms with E-state index >= 15 is 0 Å². The molecule has 0 radical (unpaired) electrons. The van der Waals surface area contributed by atoms with E-state index in [0.717, 1.165) is 10.0 Å². The Bertz CT molecular complexity index is 558. The van der Waals surface area contributed by atoms with Crippen LogP contribution in [-0.2, 0) is 0 Å². The molecule has 0 aliphatic carbocycles. The lowest BCUT2D eigenvalue weighted by molar-refractivity contribution is 0.0818. The van der Waals surface area contributed by atoms with Gasteiger partial charge in [0.2, 0.25) is 5.78 Å². The van der Waals surface area contributed by atoms with Crippen LogP contribution in [0.15, 0.2) is 53.0 Å². The van der Waals surface area contributed by atoms with E-state index in [4.69, 9.17) is 4.74 Å². The summed E-state index contributed by atoms with van der Waals surface area (Å²) in [4.78, 5) is 12.2. The van der Waals surface area contributed by atoms with Crippen LogP contribution in [0, 0.1) is 6.92 Å². The van der Waals surface area contributed by atoms with E-state index in [9.17, 15) is 4.79 Å². The maximum atomic E-state index is 12.2. The largest absolute Gasteiger partial charge is 0.483 e. The Morgan fingerprint density at radius 2 is 1.63 bits per heavy atom. The molecular formula is C16H15BrO2. The van der Waals surface area contributed by atoms with Crippen molar-refractivity contribution in [1.29, 1.82) is 0 Å². The minimum absolute atomic E-state index is 0.0112. The molecule has 0 aliphatic rings. The second-order valence-electron chi connectivity index (χ2n) is 4.44. The molecule has 0 heterocycles. The van der Waals surface area contributed by atoms with E-state index in [-0.39, 0.29) is 5.78 Å². The highest BCUT2D eigenvalue weighted by Crippen LogP contribution is 2.18. The van der Waals surface area contributed by atoms with E-state index in [1.807, 2.05) is 55.5 Å². The van der Waals surface area contributed by atoms with Crippen LogP contribution in [0.2, 0.25) is 0 Å². The quantitative estimate of drug-likeness (QED) is 0.781. The van der Waals surface area contributed by atoms with E-state index < -0.39 is 6.10 Å². The molecule has 2 nitrogen and oxygen atoms in total. The minimum Gasteiger partial charge on any atom is -0.483 e. The summed E-state index contributed by atoms with van der Waals surface area (Å²) in [6, 6.07) is 15.0. The van der Waals surface area contributed by atoms with Crippen molar-refractivity contribution in [3.8, 4) is 5.75 Å². The van der Waals surface area contributed by atoms with Crippen LogP contribution in [0.25, 0.3) is 0 Å². The number of hydrogen-bond acceptors (Lipinski definition) is 2. The van der Waals surface area contributed by atoms with E-state index in [1.165, 1.54) is 0 Å². The molecule has 3 heteroatoms. The number of aryl methyl sites for hydroxylation is 1. The van der Waals surface area contributed by atoms with Crippen LogP contribution >= 0.6 is 15.9 Å². The molecule has 0 aromatic heterocycles. The van der Waals surface area contributed by atoms with Gasteiger partial charge in [-0.05, 0) is 38.1 Å². The van der Waals surface area contributed by atoms with Crippen molar-refractivity contribution < 1.29 is 9.53 Å². The second kappa shape index (κ2) is 6.02. The maximum Gasteiger partial charge on any atom is 0.202 e. The van der Waals surface area contributed by atoms with E-state index in [2.05, 4.69) is 15.9 Å².